The topological polar surface area (TPSA) is 81.7 Å². The maximum absolute atomic E-state index is 12.8. The number of likely N-dealkylation sites (N-methyl/N-ethyl adjacent to an activating group) is 1. The molecule has 176 valence electrons. The molecule has 2 fully saturated rings. The highest BCUT2D eigenvalue weighted by atomic mass is 16.2. The van der Waals surface area contributed by atoms with Gasteiger partial charge in [0.05, 0.1) is 18.8 Å². The van der Waals surface area contributed by atoms with Crippen LogP contribution in [0.5, 0.6) is 0 Å². The predicted octanol–water partition coefficient (Wildman–Crippen LogP) is 2.39. The number of fused-ring (bicyclic) bond motifs is 1. The largest absolute Gasteiger partial charge is 0.373 e. The van der Waals surface area contributed by atoms with Crippen LogP contribution in [0.4, 0.5) is 5.82 Å². The van der Waals surface area contributed by atoms with Crippen LogP contribution in [0, 0.1) is 0 Å². The Bertz CT molecular complexity index is 813. The molecule has 1 saturated heterocycles. The van der Waals surface area contributed by atoms with Gasteiger partial charge in [0.25, 0.3) is 0 Å². The molecule has 0 bridgehead atoms. The minimum absolute atomic E-state index is 0.0952. The quantitative estimate of drug-likeness (QED) is 0.754. The molecule has 0 aromatic carbocycles. The monoisotopic (exact) mass is 442 g/mol. The summed E-state index contributed by atoms with van der Waals surface area (Å²) in [5.41, 5.74) is 2.12. The first-order chi connectivity index (χ1) is 15.5. The summed E-state index contributed by atoms with van der Waals surface area (Å²) < 4.78 is 0. The Kier molecular flexibility index (Phi) is 7.28. The number of hydrogen-bond donors (Lipinski definition) is 1. The van der Waals surface area contributed by atoms with Crippen LogP contribution in [0.25, 0.3) is 0 Å². The van der Waals surface area contributed by atoms with Crippen molar-refractivity contribution in [2.75, 3.05) is 45.6 Å². The molecule has 1 saturated carbocycles. The van der Waals surface area contributed by atoms with Gasteiger partial charge in [-0.25, -0.2) is 9.97 Å². The number of rotatable bonds is 5. The summed E-state index contributed by atoms with van der Waals surface area (Å²) in [5, 5.41) is 3.22. The lowest BCUT2D eigenvalue weighted by Gasteiger charge is -2.35. The van der Waals surface area contributed by atoms with Gasteiger partial charge >= 0.3 is 0 Å². The lowest BCUT2D eigenvalue weighted by atomic mass is 9.94. The molecule has 1 aromatic heterocycles. The molecule has 2 aliphatic heterocycles. The summed E-state index contributed by atoms with van der Waals surface area (Å²) in [6, 6.07) is 0.427. The smallest absolute Gasteiger partial charge is 0.236 e. The van der Waals surface area contributed by atoms with Crippen molar-refractivity contribution in [1.82, 2.24) is 24.7 Å². The second-order valence-corrected chi connectivity index (χ2v) is 9.64. The number of piperidine rings is 1. The maximum atomic E-state index is 12.8. The Morgan fingerprint density at radius 1 is 1.06 bits per heavy atom. The van der Waals surface area contributed by atoms with Crippen LogP contribution < -0.4 is 5.32 Å². The zero-order valence-corrected chi connectivity index (χ0v) is 19.9. The first-order valence-electron chi connectivity index (χ1n) is 12.3. The molecule has 1 N–H and O–H groups in total. The molecule has 8 heteroatoms. The van der Waals surface area contributed by atoms with Crippen molar-refractivity contribution in [2.24, 2.45) is 0 Å². The van der Waals surface area contributed by atoms with Crippen molar-refractivity contribution < 1.29 is 9.59 Å². The van der Waals surface area contributed by atoms with Crippen LogP contribution >= 0.6 is 0 Å². The Hall–Kier alpha value is -2.22. The highest BCUT2D eigenvalue weighted by Gasteiger charge is 2.29. The lowest BCUT2D eigenvalue weighted by molar-refractivity contribution is -0.134. The van der Waals surface area contributed by atoms with Crippen LogP contribution in [0.3, 0.4) is 0 Å². The summed E-state index contributed by atoms with van der Waals surface area (Å²) in [4.78, 5) is 40.5. The van der Waals surface area contributed by atoms with Gasteiger partial charge in [-0.1, -0.05) is 19.3 Å². The molecule has 0 unspecified atom stereocenters. The van der Waals surface area contributed by atoms with E-state index in [1.165, 1.54) is 19.3 Å². The number of carbonyl (C=O) groups excluding carboxylic acids is 2. The molecule has 2 amide bonds. The molecule has 1 aliphatic carbocycles. The van der Waals surface area contributed by atoms with E-state index in [2.05, 4.69) is 10.2 Å². The number of nitrogens with one attached hydrogen (secondary N) is 1. The van der Waals surface area contributed by atoms with Gasteiger partial charge in [-0.3, -0.25) is 14.5 Å². The van der Waals surface area contributed by atoms with Crippen molar-refractivity contribution in [3.63, 3.8) is 0 Å². The molecular formula is C24H38N6O2. The fourth-order valence-electron chi connectivity index (χ4n) is 5.42. The zero-order chi connectivity index (χ0) is 22.7. The second-order valence-electron chi connectivity index (χ2n) is 9.64. The van der Waals surface area contributed by atoms with Crippen LogP contribution in [0.2, 0.25) is 0 Å². The van der Waals surface area contributed by atoms with E-state index in [0.29, 0.717) is 25.0 Å². The number of anilines is 1. The van der Waals surface area contributed by atoms with Gasteiger partial charge in [0.15, 0.2) is 0 Å². The van der Waals surface area contributed by atoms with Gasteiger partial charge in [0, 0.05) is 51.5 Å². The van der Waals surface area contributed by atoms with Crippen molar-refractivity contribution in [3.8, 4) is 0 Å². The summed E-state index contributed by atoms with van der Waals surface area (Å²) >= 11 is 0. The standard InChI is InChI=1S/C24H38N6O2/c1-17(31)30-14-11-21-20(15-30)24(25-2)27-23(26-21)18-9-12-29(13-10-18)16-22(32)28(3)19-7-5-4-6-8-19/h18-19H,4-16H2,1-3H3,(H,25,26,27). The summed E-state index contributed by atoms with van der Waals surface area (Å²) in [7, 11) is 3.87. The van der Waals surface area contributed by atoms with Gasteiger partial charge in [-0.15, -0.1) is 0 Å². The maximum Gasteiger partial charge on any atom is 0.236 e. The first kappa shape index (κ1) is 23.0. The molecule has 0 radical (unpaired) electrons. The fraction of sp³-hybridized carbons (Fsp3) is 0.750. The van der Waals surface area contributed by atoms with Crippen molar-refractivity contribution in [1.29, 1.82) is 0 Å². The average molecular weight is 443 g/mol. The number of aromatic nitrogens is 2. The number of nitrogens with zero attached hydrogens (tertiary/aromatic N) is 5. The molecule has 32 heavy (non-hydrogen) atoms. The van der Waals surface area contributed by atoms with Crippen LogP contribution in [-0.4, -0.2) is 82.8 Å². The van der Waals surface area contributed by atoms with E-state index < -0.39 is 0 Å². The minimum Gasteiger partial charge on any atom is -0.373 e. The molecule has 1 aromatic rings. The van der Waals surface area contributed by atoms with Gasteiger partial charge in [-0.2, -0.15) is 0 Å². The third-order valence-electron chi connectivity index (χ3n) is 7.59. The summed E-state index contributed by atoms with van der Waals surface area (Å²) in [5.74, 6) is 2.43. The second kappa shape index (κ2) is 10.1. The SMILES string of the molecule is CNc1nc(C2CCN(CC(=O)N(C)C3CCCCC3)CC2)nc2c1CN(C(C)=O)CC2. The zero-order valence-electron chi connectivity index (χ0n) is 19.9. The van der Waals surface area contributed by atoms with Crippen molar-refractivity contribution in [3.05, 3.63) is 17.1 Å². The summed E-state index contributed by atoms with van der Waals surface area (Å²) in [6.07, 6.45) is 8.83. The van der Waals surface area contributed by atoms with Gasteiger partial charge < -0.3 is 15.1 Å². The third kappa shape index (κ3) is 5.05. The Morgan fingerprint density at radius 2 is 1.78 bits per heavy atom. The molecule has 3 heterocycles. The highest BCUT2D eigenvalue weighted by molar-refractivity contribution is 5.78. The normalized spacial score (nSPS) is 20.7. The summed E-state index contributed by atoms with van der Waals surface area (Å²) in [6.45, 7) is 5.25. The lowest BCUT2D eigenvalue weighted by Crippen LogP contribution is -2.46. The molecule has 3 aliphatic rings. The number of likely N-dealkylation sites (tertiary alicyclic amines) is 1. The van der Waals surface area contributed by atoms with Crippen LogP contribution in [0.15, 0.2) is 0 Å². The van der Waals surface area contributed by atoms with E-state index in [4.69, 9.17) is 9.97 Å². The first-order valence-corrected chi connectivity index (χ1v) is 12.3. The van der Waals surface area contributed by atoms with E-state index in [1.807, 2.05) is 23.9 Å². The van der Waals surface area contributed by atoms with E-state index in [0.717, 1.165) is 74.6 Å². The predicted molar refractivity (Wildman–Crippen MR) is 124 cm³/mol. The molecule has 0 spiro atoms. The molecule has 8 nitrogen and oxygen atoms in total. The Balaban J connectivity index is 1.35. The van der Waals surface area contributed by atoms with Crippen LogP contribution in [-0.2, 0) is 22.6 Å². The Morgan fingerprint density at radius 3 is 2.44 bits per heavy atom. The average Bonchev–Trinajstić information content (AvgIpc) is 2.83. The van der Waals surface area contributed by atoms with Gasteiger partial charge in [-0.05, 0) is 38.8 Å². The Labute approximate surface area is 191 Å². The van der Waals surface area contributed by atoms with Gasteiger partial charge in [0.2, 0.25) is 11.8 Å². The minimum atomic E-state index is 0.0952. The van der Waals surface area contributed by atoms with Crippen molar-refractivity contribution in [2.45, 2.75) is 76.8 Å². The third-order valence-corrected chi connectivity index (χ3v) is 7.59. The van der Waals surface area contributed by atoms with Crippen molar-refractivity contribution >= 4 is 17.6 Å². The van der Waals surface area contributed by atoms with Crippen LogP contribution in [0.1, 0.15) is 74.9 Å². The fourth-order valence-corrected chi connectivity index (χ4v) is 5.42. The number of carbonyl (C=O) groups is 2. The number of hydrogen-bond acceptors (Lipinski definition) is 6. The molecule has 0 atom stereocenters. The molecular weight excluding hydrogens is 404 g/mol. The van der Waals surface area contributed by atoms with Gasteiger partial charge in [0.1, 0.15) is 11.6 Å². The highest BCUT2D eigenvalue weighted by Crippen LogP contribution is 2.30. The van der Waals surface area contributed by atoms with E-state index in [9.17, 15) is 9.59 Å². The van der Waals surface area contributed by atoms with E-state index in [1.54, 1.807) is 6.92 Å². The van der Waals surface area contributed by atoms with E-state index >= 15 is 0 Å². The number of amides is 2. The van der Waals surface area contributed by atoms with E-state index in [-0.39, 0.29) is 11.8 Å². The molecule has 4 rings (SSSR count).